The molecule has 0 unspecified atom stereocenters. The summed E-state index contributed by atoms with van der Waals surface area (Å²) in [6, 6.07) is 18.4. The molecule has 0 fully saturated rings. The van der Waals surface area contributed by atoms with Gasteiger partial charge in [0, 0.05) is 22.2 Å². The minimum Gasteiger partial charge on any atom is -0.488 e. The van der Waals surface area contributed by atoms with Crippen LogP contribution in [0.2, 0.25) is 0 Å². The summed E-state index contributed by atoms with van der Waals surface area (Å²) in [5.74, 6) is -0.683. The van der Waals surface area contributed by atoms with E-state index in [2.05, 4.69) is 20.9 Å². The first-order chi connectivity index (χ1) is 15.9. The summed E-state index contributed by atoms with van der Waals surface area (Å²) in [6.45, 7) is 0.154. The number of thioether (sulfide) groups is 1. The number of halogens is 1. The van der Waals surface area contributed by atoms with Crippen LogP contribution in [0.25, 0.3) is 17.2 Å². The van der Waals surface area contributed by atoms with E-state index in [4.69, 9.17) is 9.15 Å². The van der Waals surface area contributed by atoms with Crippen molar-refractivity contribution in [3.8, 4) is 5.75 Å². The smallest absolute Gasteiger partial charge is 0.342 e. The van der Waals surface area contributed by atoms with E-state index in [-0.39, 0.29) is 22.4 Å². The number of fused-ring (bicyclic) bond motifs is 1. The molecule has 3 aromatic carbocycles. The zero-order valence-electron chi connectivity index (χ0n) is 16.8. The van der Waals surface area contributed by atoms with E-state index in [1.807, 2.05) is 12.1 Å². The summed E-state index contributed by atoms with van der Waals surface area (Å²) in [5, 5.41) is 20.8. The number of carboxylic acids is 1. The maximum Gasteiger partial charge on any atom is 0.342 e. The molecule has 0 aliphatic carbocycles. The number of nitro benzene ring substituents is 1. The van der Waals surface area contributed by atoms with E-state index in [0.717, 1.165) is 21.8 Å². The largest absolute Gasteiger partial charge is 0.488 e. The molecule has 1 N–H and O–H groups in total. The Morgan fingerprint density at radius 1 is 1.18 bits per heavy atom. The maximum absolute atomic E-state index is 11.9. The SMILES string of the molecule is O=C(O)/C(=C/c1cc(Br)ccc1OCc1ccc([N+](=O)[O-])cc1)Sc1nc2ccccc2o1. The number of benzene rings is 3. The molecular weight excluding hydrogens is 512 g/mol. The first kappa shape index (κ1) is 22.6. The second kappa shape index (κ2) is 9.88. The summed E-state index contributed by atoms with van der Waals surface area (Å²) in [4.78, 5) is 26.6. The number of non-ortho nitro benzene ring substituents is 1. The van der Waals surface area contributed by atoms with Crippen molar-refractivity contribution in [2.75, 3.05) is 0 Å². The van der Waals surface area contributed by atoms with Gasteiger partial charge in [-0.25, -0.2) is 9.78 Å². The molecule has 0 amide bonds. The molecule has 1 heterocycles. The lowest BCUT2D eigenvalue weighted by atomic mass is 10.2. The molecule has 0 radical (unpaired) electrons. The van der Waals surface area contributed by atoms with Gasteiger partial charge < -0.3 is 14.3 Å². The lowest BCUT2D eigenvalue weighted by Gasteiger charge is -2.11. The predicted molar refractivity (Wildman–Crippen MR) is 127 cm³/mol. The van der Waals surface area contributed by atoms with Crippen LogP contribution in [0.15, 0.2) is 85.7 Å². The van der Waals surface area contributed by atoms with Crippen LogP contribution in [-0.4, -0.2) is 21.0 Å². The highest BCUT2D eigenvalue weighted by Crippen LogP contribution is 2.33. The summed E-state index contributed by atoms with van der Waals surface area (Å²) in [7, 11) is 0. The highest BCUT2D eigenvalue weighted by molar-refractivity contribution is 9.10. The number of para-hydroxylation sites is 2. The molecule has 0 bridgehead atoms. The number of carbonyl (C=O) groups is 1. The van der Waals surface area contributed by atoms with Gasteiger partial charge in [-0.05, 0) is 65.9 Å². The van der Waals surface area contributed by atoms with Crippen LogP contribution in [0, 0.1) is 10.1 Å². The minimum absolute atomic E-state index is 0.000146. The minimum atomic E-state index is -1.14. The number of aliphatic carboxylic acids is 1. The number of rotatable bonds is 8. The van der Waals surface area contributed by atoms with Gasteiger partial charge in [0.25, 0.3) is 10.9 Å². The molecule has 4 aromatic rings. The number of nitrogens with zero attached hydrogens (tertiary/aromatic N) is 2. The fourth-order valence-corrected chi connectivity index (χ4v) is 4.02. The molecule has 0 saturated carbocycles. The van der Waals surface area contributed by atoms with Gasteiger partial charge in [-0.15, -0.1) is 0 Å². The van der Waals surface area contributed by atoms with Gasteiger partial charge in [0.15, 0.2) is 5.58 Å². The van der Waals surface area contributed by atoms with Crippen molar-refractivity contribution in [3.05, 3.63) is 97.3 Å². The third kappa shape index (κ3) is 5.60. The average Bonchev–Trinajstić information content (AvgIpc) is 3.21. The average molecular weight is 527 g/mol. The fraction of sp³-hybridized carbons (Fsp3) is 0.0435. The first-order valence-electron chi connectivity index (χ1n) is 9.53. The molecular formula is C23H15BrN2O6S. The predicted octanol–water partition coefficient (Wildman–Crippen LogP) is 6.30. The Kier molecular flexibility index (Phi) is 6.76. The summed E-state index contributed by atoms with van der Waals surface area (Å²) in [6.07, 6.45) is 1.48. The number of aromatic nitrogens is 1. The van der Waals surface area contributed by atoms with Crippen LogP contribution >= 0.6 is 27.7 Å². The Bertz CT molecular complexity index is 1330. The zero-order valence-corrected chi connectivity index (χ0v) is 19.2. The van der Waals surface area contributed by atoms with Gasteiger partial charge in [-0.1, -0.05) is 28.1 Å². The van der Waals surface area contributed by atoms with Crippen molar-refractivity contribution in [1.82, 2.24) is 4.98 Å². The van der Waals surface area contributed by atoms with Crippen molar-refractivity contribution in [3.63, 3.8) is 0 Å². The van der Waals surface area contributed by atoms with Crippen molar-refractivity contribution >= 4 is 56.5 Å². The van der Waals surface area contributed by atoms with E-state index in [0.29, 0.717) is 22.4 Å². The zero-order chi connectivity index (χ0) is 23.4. The maximum atomic E-state index is 11.9. The molecule has 10 heteroatoms. The monoisotopic (exact) mass is 526 g/mol. The molecule has 1 aromatic heterocycles. The van der Waals surface area contributed by atoms with Gasteiger partial charge >= 0.3 is 5.97 Å². The van der Waals surface area contributed by atoms with Crippen molar-refractivity contribution < 1.29 is 24.0 Å². The molecule has 166 valence electrons. The number of ether oxygens (including phenoxy) is 1. The molecule has 0 aliphatic rings. The Morgan fingerprint density at radius 2 is 1.94 bits per heavy atom. The molecule has 33 heavy (non-hydrogen) atoms. The van der Waals surface area contributed by atoms with E-state index >= 15 is 0 Å². The summed E-state index contributed by atoms with van der Waals surface area (Å²) in [5.41, 5.74) is 2.47. The lowest BCUT2D eigenvalue weighted by molar-refractivity contribution is -0.384. The number of oxazole rings is 1. The van der Waals surface area contributed by atoms with E-state index in [9.17, 15) is 20.0 Å². The Morgan fingerprint density at radius 3 is 2.64 bits per heavy atom. The van der Waals surface area contributed by atoms with Crippen molar-refractivity contribution in [2.45, 2.75) is 11.8 Å². The van der Waals surface area contributed by atoms with Gasteiger partial charge in [-0.2, -0.15) is 0 Å². The number of carboxylic acid groups (broad SMARTS) is 1. The molecule has 4 rings (SSSR count). The summed E-state index contributed by atoms with van der Waals surface area (Å²) >= 11 is 4.30. The third-order valence-electron chi connectivity index (χ3n) is 4.48. The van der Waals surface area contributed by atoms with E-state index in [1.165, 1.54) is 18.2 Å². The Labute approximate surface area is 200 Å². The van der Waals surface area contributed by atoms with Gasteiger partial charge in [0.05, 0.1) is 4.92 Å². The molecule has 0 atom stereocenters. The normalized spacial score (nSPS) is 11.5. The van der Waals surface area contributed by atoms with Crippen LogP contribution in [0.4, 0.5) is 5.69 Å². The van der Waals surface area contributed by atoms with E-state index in [1.54, 1.807) is 42.5 Å². The van der Waals surface area contributed by atoms with Crippen molar-refractivity contribution in [2.24, 2.45) is 0 Å². The van der Waals surface area contributed by atoms with Gasteiger partial charge in [0.2, 0.25) is 0 Å². The Balaban J connectivity index is 1.58. The molecule has 0 saturated heterocycles. The third-order valence-corrected chi connectivity index (χ3v) is 5.84. The molecule has 8 nitrogen and oxygen atoms in total. The second-order valence-electron chi connectivity index (χ2n) is 6.76. The fourth-order valence-electron chi connectivity index (χ4n) is 2.90. The van der Waals surface area contributed by atoms with E-state index < -0.39 is 10.9 Å². The Hall–Kier alpha value is -3.63. The number of nitro groups is 1. The number of hydrogen-bond acceptors (Lipinski definition) is 7. The topological polar surface area (TPSA) is 116 Å². The van der Waals surface area contributed by atoms with Crippen LogP contribution < -0.4 is 4.74 Å². The van der Waals surface area contributed by atoms with Gasteiger partial charge in [-0.3, -0.25) is 10.1 Å². The van der Waals surface area contributed by atoms with Crippen LogP contribution in [0.1, 0.15) is 11.1 Å². The van der Waals surface area contributed by atoms with Crippen LogP contribution in [0.5, 0.6) is 5.75 Å². The molecule has 0 aliphatic heterocycles. The van der Waals surface area contributed by atoms with Crippen LogP contribution in [-0.2, 0) is 11.4 Å². The first-order valence-corrected chi connectivity index (χ1v) is 11.1. The standard InChI is InChI=1S/C23H15BrN2O6S/c24-16-7-10-19(31-13-14-5-8-17(9-6-14)26(29)30)15(11-16)12-21(22(27)28)33-23-25-18-3-1-2-4-20(18)32-23/h1-12H,13H2,(H,27,28)/b21-12-. The summed E-state index contributed by atoms with van der Waals surface area (Å²) < 4.78 is 12.3. The highest BCUT2D eigenvalue weighted by Gasteiger charge is 2.16. The van der Waals surface area contributed by atoms with Crippen LogP contribution in [0.3, 0.4) is 0 Å². The number of hydrogen-bond donors (Lipinski definition) is 1. The quantitative estimate of drug-likeness (QED) is 0.123. The highest BCUT2D eigenvalue weighted by atomic mass is 79.9. The lowest BCUT2D eigenvalue weighted by Crippen LogP contribution is -2.00. The second-order valence-corrected chi connectivity index (χ2v) is 8.67. The molecule has 0 spiro atoms. The van der Waals surface area contributed by atoms with Gasteiger partial charge in [0.1, 0.15) is 22.8 Å². The van der Waals surface area contributed by atoms with Crippen molar-refractivity contribution in [1.29, 1.82) is 0 Å².